The number of alkyl halides is 1. The Hall–Kier alpha value is -4.38. The molecule has 3 fully saturated rings. The molecule has 0 radical (unpaired) electrons. The number of aryl methyl sites for hydroxylation is 1. The lowest BCUT2D eigenvalue weighted by molar-refractivity contribution is -0.123. The highest BCUT2D eigenvalue weighted by Crippen LogP contribution is 2.48. The number of aromatic nitrogens is 3. The minimum atomic E-state index is -1.19. The van der Waals surface area contributed by atoms with Gasteiger partial charge in [0.25, 0.3) is 5.91 Å². The van der Waals surface area contributed by atoms with E-state index in [0.717, 1.165) is 42.7 Å². The maximum Gasteiger partial charge on any atom is 0.252 e. The van der Waals surface area contributed by atoms with Crippen LogP contribution in [-0.4, -0.2) is 68.1 Å². The summed E-state index contributed by atoms with van der Waals surface area (Å²) in [4.78, 5) is 41.8. The molecule has 11 heteroatoms. The average Bonchev–Trinajstić information content (AvgIpc) is 3.69. The van der Waals surface area contributed by atoms with Gasteiger partial charge in [0, 0.05) is 34.9 Å². The number of imidazole rings is 1. The molecule has 0 bridgehead atoms. The number of carbonyl (C=O) groups excluding carboxylic acids is 2. The fraction of sp³-hybridized carbons (Fsp3) is 0.512. The van der Waals surface area contributed by atoms with Crippen LogP contribution in [0.5, 0.6) is 0 Å². The third-order valence-corrected chi connectivity index (χ3v) is 12.2. The van der Waals surface area contributed by atoms with Crippen LogP contribution in [0, 0.1) is 12.7 Å². The molecule has 1 unspecified atom stereocenters. The predicted octanol–water partition coefficient (Wildman–Crippen LogP) is 8.13. The van der Waals surface area contributed by atoms with E-state index >= 15 is 4.39 Å². The van der Waals surface area contributed by atoms with Crippen LogP contribution in [0.25, 0.3) is 22.3 Å². The number of likely N-dealkylation sites (tertiary alicyclic amines) is 1. The summed E-state index contributed by atoms with van der Waals surface area (Å²) in [5.41, 5.74) is 4.06. The molecule has 9 nitrogen and oxygen atoms in total. The Morgan fingerprint density at radius 3 is 2.40 bits per heavy atom. The van der Waals surface area contributed by atoms with Gasteiger partial charge in [-0.15, -0.1) is 0 Å². The van der Waals surface area contributed by atoms with Crippen LogP contribution in [0.15, 0.2) is 42.7 Å². The molecule has 0 spiro atoms. The van der Waals surface area contributed by atoms with E-state index < -0.39 is 28.8 Å². The molecule has 2 saturated carbocycles. The molecular formula is C41H49F2N7O2. The topological polar surface area (TPSA) is 95.4 Å². The van der Waals surface area contributed by atoms with Crippen molar-refractivity contribution in [1.29, 1.82) is 0 Å². The second-order valence-corrected chi connectivity index (χ2v) is 16.4. The van der Waals surface area contributed by atoms with Gasteiger partial charge in [0.15, 0.2) is 5.82 Å². The van der Waals surface area contributed by atoms with Crippen molar-refractivity contribution in [3.63, 3.8) is 0 Å². The van der Waals surface area contributed by atoms with Gasteiger partial charge in [-0.05, 0) is 129 Å². The Morgan fingerprint density at radius 1 is 1.00 bits per heavy atom. The number of hydrogen-bond acceptors (Lipinski definition) is 6. The fourth-order valence-electron chi connectivity index (χ4n) is 8.54. The Kier molecular flexibility index (Phi) is 8.43. The van der Waals surface area contributed by atoms with Crippen LogP contribution >= 0.6 is 0 Å². The largest absolute Gasteiger partial charge is 0.344 e. The van der Waals surface area contributed by atoms with Gasteiger partial charge in [0.2, 0.25) is 5.91 Å². The number of nitrogens with zero attached hydrogens (tertiary/aromatic N) is 5. The Morgan fingerprint density at radius 2 is 1.73 bits per heavy atom. The zero-order valence-corrected chi connectivity index (χ0v) is 31.0. The second-order valence-electron chi connectivity index (χ2n) is 16.4. The molecular weight excluding hydrogens is 660 g/mol. The van der Waals surface area contributed by atoms with Gasteiger partial charge in [0.05, 0.1) is 34.2 Å². The van der Waals surface area contributed by atoms with E-state index in [-0.39, 0.29) is 29.2 Å². The molecule has 1 saturated heterocycles. The number of anilines is 3. The lowest BCUT2D eigenvalue weighted by Crippen LogP contribution is -2.57. The van der Waals surface area contributed by atoms with Gasteiger partial charge in [-0.1, -0.05) is 18.6 Å². The molecule has 2 aliphatic carbocycles. The smallest absolute Gasteiger partial charge is 0.252 e. The first-order valence-electron chi connectivity index (χ1n) is 18.9. The van der Waals surface area contributed by atoms with Crippen molar-refractivity contribution in [2.75, 3.05) is 23.3 Å². The van der Waals surface area contributed by atoms with Crippen LogP contribution < -0.4 is 15.5 Å². The molecule has 2 aliphatic heterocycles. The third kappa shape index (κ3) is 5.76. The van der Waals surface area contributed by atoms with Crippen LogP contribution in [0.3, 0.4) is 0 Å². The second kappa shape index (κ2) is 12.6. The number of piperidine rings is 1. The highest BCUT2D eigenvalue weighted by atomic mass is 19.1. The molecule has 2 N–H and O–H groups in total. The molecule has 2 aromatic carbocycles. The first kappa shape index (κ1) is 34.7. The number of halogens is 2. The van der Waals surface area contributed by atoms with E-state index in [1.54, 1.807) is 13.3 Å². The maximum absolute atomic E-state index is 15.7. The summed E-state index contributed by atoms with van der Waals surface area (Å²) in [7, 11) is 0. The van der Waals surface area contributed by atoms with Gasteiger partial charge < -0.3 is 25.0 Å². The summed E-state index contributed by atoms with van der Waals surface area (Å²) >= 11 is 0. The van der Waals surface area contributed by atoms with Gasteiger partial charge in [-0.2, -0.15) is 0 Å². The first-order chi connectivity index (χ1) is 24.8. The standard InChI is InChI=1S/C41H49F2N7O2/c1-23(2)49-22-44-34-21-32(45-37(36(34)49)46-33-20-29(24(3)16-31(33)43)38(51)47-41(12-13-41)25(4)42)26-10-11-30-35(17-26)50(39(52)40(30,5)6)28-18-27(19-28)48-14-8-7-9-15-48/h10-11,16-17,20-23,25,27-28H,7-9,12-15,18-19H2,1-6H3,(H,45,46)(H,47,51). The summed E-state index contributed by atoms with van der Waals surface area (Å²) in [5, 5.41) is 6.07. The monoisotopic (exact) mass is 709 g/mol. The molecule has 2 aromatic heterocycles. The highest BCUT2D eigenvalue weighted by Gasteiger charge is 2.51. The summed E-state index contributed by atoms with van der Waals surface area (Å²) in [6, 6.07) is 11.6. The van der Waals surface area contributed by atoms with Gasteiger partial charge >= 0.3 is 0 Å². The minimum absolute atomic E-state index is 0.0397. The van der Waals surface area contributed by atoms with Crippen LogP contribution in [0.2, 0.25) is 0 Å². The SMILES string of the molecule is Cc1cc(F)c(Nc2nc(-c3ccc4c(c3)N(C3CC(N5CCCCC5)C3)C(=O)C4(C)C)cc3ncn(C(C)C)c23)cc1C(=O)NC1(C(C)F)CC1. The molecule has 4 aliphatic rings. The minimum Gasteiger partial charge on any atom is -0.344 e. The number of amides is 2. The molecule has 2 amide bonds. The van der Waals surface area contributed by atoms with E-state index in [1.165, 1.54) is 38.3 Å². The molecule has 1 atom stereocenters. The van der Waals surface area contributed by atoms with Crippen LogP contribution in [-0.2, 0) is 10.2 Å². The molecule has 274 valence electrons. The molecule has 4 aromatic rings. The number of carbonyl (C=O) groups is 2. The third-order valence-electron chi connectivity index (χ3n) is 12.2. The number of rotatable bonds is 9. The number of nitrogens with one attached hydrogen (secondary N) is 2. The lowest BCUT2D eigenvalue weighted by Gasteiger charge is -2.48. The Labute approximate surface area is 304 Å². The van der Waals surface area contributed by atoms with Gasteiger partial charge in [0.1, 0.15) is 17.5 Å². The van der Waals surface area contributed by atoms with E-state index in [2.05, 4.69) is 21.6 Å². The first-order valence-corrected chi connectivity index (χ1v) is 18.9. The number of pyridine rings is 1. The Bertz CT molecular complexity index is 2070. The summed E-state index contributed by atoms with van der Waals surface area (Å²) in [6.07, 6.45) is 7.47. The molecule has 8 rings (SSSR count). The Balaban J connectivity index is 1.15. The molecule has 4 heterocycles. The zero-order valence-electron chi connectivity index (χ0n) is 31.0. The van der Waals surface area contributed by atoms with Crippen LogP contribution in [0.1, 0.15) is 107 Å². The van der Waals surface area contributed by atoms with Crippen molar-refractivity contribution < 1.29 is 18.4 Å². The van der Waals surface area contributed by atoms with Crippen molar-refractivity contribution in [2.45, 2.75) is 122 Å². The van der Waals surface area contributed by atoms with E-state index in [0.29, 0.717) is 47.0 Å². The van der Waals surface area contributed by atoms with Crippen molar-refractivity contribution in [3.8, 4) is 11.3 Å². The summed E-state index contributed by atoms with van der Waals surface area (Å²) in [5.74, 6) is -0.453. The summed E-state index contributed by atoms with van der Waals surface area (Å²) < 4.78 is 32.0. The van der Waals surface area contributed by atoms with Gasteiger partial charge in [-0.25, -0.2) is 18.7 Å². The van der Waals surface area contributed by atoms with E-state index in [9.17, 15) is 14.0 Å². The van der Waals surface area contributed by atoms with E-state index in [4.69, 9.17) is 9.97 Å². The quantitative estimate of drug-likeness (QED) is 0.182. The zero-order chi connectivity index (χ0) is 36.7. The molecule has 52 heavy (non-hydrogen) atoms. The number of benzene rings is 2. The number of fused-ring (bicyclic) bond motifs is 2. The lowest BCUT2D eigenvalue weighted by atomic mass is 9.82. The van der Waals surface area contributed by atoms with Gasteiger partial charge in [-0.3, -0.25) is 9.59 Å². The normalized spacial score (nSPS) is 22.7. The maximum atomic E-state index is 15.7. The van der Waals surface area contributed by atoms with Crippen molar-refractivity contribution in [2.24, 2.45) is 0 Å². The number of hydrogen-bond donors (Lipinski definition) is 2. The summed E-state index contributed by atoms with van der Waals surface area (Å²) in [6.45, 7) is 13.5. The predicted molar refractivity (Wildman–Crippen MR) is 201 cm³/mol. The highest BCUT2D eigenvalue weighted by molar-refractivity contribution is 6.09. The van der Waals surface area contributed by atoms with Crippen molar-refractivity contribution in [1.82, 2.24) is 24.8 Å². The fourth-order valence-corrected chi connectivity index (χ4v) is 8.54. The van der Waals surface area contributed by atoms with Crippen LogP contribution in [0.4, 0.5) is 26.0 Å². The van der Waals surface area contributed by atoms with E-state index in [1.807, 2.05) is 55.4 Å². The van der Waals surface area contributed by atoms with Crippen molar-refractivity contribution >= 4 is 40.0 Å². The average molecular weight is 710 g/mol. The van der Waals surface area contributed by atoms with Crippen molar-refractivity contribution in [3.05, 3.63) is 65.2 Å².